The van der Waals surface area contributed by atoms with E-state index in [2.05, 4.69) is 10.6 Å². The Balaban J connectivity index is 1.65. The molecule has 2 aromatic carbocycles. The highest BCUT2D eigenvalue weighted by Crippen LogP contribution is 2.54. The van der Waals surface area contributed by atoms with Crippen LogP contribution in [0.5, 0.6) is 0 Å². The van der Waals surface area contributed by atoms with Gasteiger partial charge in [0.25, 0.3) is 0 Å². The molecule has 3 N–H and O–H groups in total. The largest absolute Gasteiger partial charge is 0.733 e. The monoisotopic (exact) mass is 467 g/mol. The first-order valence-electron chi connectivity index (χ1n) is 10.6. The van der Waals surface area contributed by atoms with E-state index >= 15 is 0 Å². The summed E-state index contributed by atoms with van der Waals surface area (Å²) >= 11 is 1.63. The van der Waals surface area contributed by atoms with Gasteiger partial charge in [0.2, 0.25) is 17.7 Å². The van der Waals surface area contributed by atoms with Gasteiger partial charge in [-0.15, -0.1) is 0 Å². The Hall–Kier alpha value is -2.92. The molecule has 2 saturated heterocycles. The molecule has 3 amide bonds. The van der Waals surface area contributed by atoms with Gasteiger partial charge in [-0.25, -0.2) is 4.90 Å². The Morgan fingerprint density at radius 3 is 2.67 bits per heavy atom. The van der Waals surface area contributed by atoms with Crippen molar-refractivity contribution in [2.75, 3.05) is 27.5 Å². The van der Waals surface area contributed by atoms with Crippen molar-refractivity contribution >= 4 is 46.5 Å². The number of nitrogens with zero attached hydrogens (tertiary/aromatic N) is 2. The van der Waals surface area contributed by atoms with E-state index in [1.54, 1.807) is 30.8 Å². The number of para-hydroxylation sites is 1. The predicted octanol–water partition coefficient (Wildman–Crippen LogP) is 2.37. The quantitative estimate of drug-likeness (QED) is 0.452. The minimum Gasteiger partial charge on any atom is -0.733 e. The van der Waals surface area contributed by atoms with Gasteiger partial charge in [0.15, 0.2) is 0 Å². The summed E-state index contributed by atoms with van der Waals surface area (Å²) in [5.74, 6) is -2.16. The lowest BCUT2D eigenvalue weighted by atomic mass is 9.76. The fourth-order valence-corrected chi connectivity index (χ4v) is 5.94. The summed E-state index contributed by atoms with van der Waals surface area (Å²) in [5, 5.41) is 26.8. The van der Waals surface area contributed by atoms with Crippen molar-refractivity contribution in [3.05, 3.63) is 58.8 Å². The minimum atomic E-state index is -1.35. The number of hydrogen-bond acceptors (Lipinski definition) is 8. The third-order valence-electron chi connectivity index (χ3n) is 6.91. The Morgan fingerprint density at radius 2 is 1.94 bits per heavy atom. The van der Waals surface area contributed by atoms with Crippen LogP contribution in [0, 0.1) is 24.0 Å². The van der Waals surface area contributed by atoms with E-state index in [0.717, 1.165) is 10.7 Å². The number of hydrogen-bond donors (Lipinski definition) is 3. The van der Waals surface area contributed by atoms with Gasteiger partial charge in [-0.05, 0) is 49.1 Å². The van der Waals surface area contributed by atoms with Crippen molar-refractivity contribution in [3.63, 3.8) is 0 Å². The normalized spacial score (nSPS) is 27.8. The minimum absolute atomic E-state index is 0.0935. The van der Waals surface area contributed by atoms with E-state index < -0.39 is 29.2 Å². The second-order valence-electron chi connectivity index (χ2n) is 8.60. The average molecular weight is 468 g/mol. The molecule has 9 nitrogen and oxygen atoms in total. The summed E-state index contributed by atoms with van der Waals surface area (Å²) in [6.07, 6.45) is 2.57. The maximum absolute atomic E-state index is 13.9. The number of rotatable bonds is 5. The molecule has 0 aliphatic carbocycles. The van der Waals surface area contributed by atoms with Gasteiger partial charge in [-0.3, -0.25) is 24.9 Å². The number of thioether (sulfide) groups is 1. The molecule has 0 bridgehead atoms. The van der Waals surface area contributed by atoms with Crippen LogP contribution in [-0.2, 0) is 19.9 Å². The number of fused-ring (bicyclic) bond motifs is 4. The molecule has 1 spiro atoms. The summed E-state index contributed by atoms with van der Waals surface area (Å²) in [4.78, 5) is 42.1. The summed E-state index contributed by atoms with van der Waals surface area (Å²) in [6, 6.07) is 11.1. The number of aryl methyl sites for hydroxylation is 1. The van der Waals surface area contributed by atoms with Gasteiger partial charge in [0, 0.05) is 17.3 Å². The number of amides is 3. The molecule has 3 aliphatic rings. The topological polar surface area (TPSA) is 125 Å². The van der Waals surface area contributed by atoms with Crippen molar-refractivity contribution in [1.29, 1.82) is 0 Å². The number of carbonyl (C=O) groups excluding carboxylic acids is 3. The molecular formula is C23H23N4O5S-. The predicted molar refractivity (Wildman–Crippen MR) is 125 cm³/mol. The molecule has 3 aliphatic heterocycles. The lowest BCUT2D eigenvalue weighted by molar-refractivity contribution is -0.130. The maximum atomic E-state index is 13.9. The van der Waals surface area contributed by atoms with Crippen LogP contribution in [0.2, 0.25) is 0 Å². The molecular weight excluding hydrogens is 444 g/mol. The SMILES string of the molecule is CSCCC1NC2(C(=O)Nc3ccccc32)[C@@H]2C(=O)N(c3cc(N([O-])O)ccc3C)C(=O)[C@H]12. The Bertz CT molecular complexity index is 1170. The molecule has 0 aromatic heterocycles. The zero-order valence-corrected chi connectivity index (χ0v) is 18.9. The Kier molecular flexibility index (Phi) is 5.20. The molecule has 172 valence electrons. The zero-order valence-electron chi connectivity index (χ0n) is 18.1. The Labute approximate surface area is 194 Å². The first-order valence-corrected chi connectivity index (χ1v) is 12.0. The van der Waals surface area contributed by atoms with Gasteiger partial charge in [-0.2, -0.15) is 11.8 Å². The van der Waals surface area contributed by atoms with Crippen molar-refractivity contribution in [2.24, 2.45) is 11.8 Å². The number of carbonyl (C=O) groups is 3. The molecule has 10 heteroatoms. The number of nitrogens with one attached hydrogen (secondary N) is 2. The molecule has 5 rings (SSSR count). The molecule has 0 saturated carbocycles. The molecule has 4 atom stereocenters. The third kappa shape index (κ3) is 3.02. The van der Waals surface area contributed by atoms with Crippen LogP contribution in [0.3, 0.4) is 0 Å². The summed E-state index contributed by atoms with van der Waals surface area (Å²) in [5.41, 5.74) is 0.672. The van der Waals surface area contributed by atoms with Gasteiger partial charge in [0.05, 0.1) is 23.2 Å². The standard InChI is InChI=1S/C23H23N4O5S/c1-12-7-8-13(27(31)32)11-17(12)26-20(28)18-16(9-10-33-2)25-23(19(18)21(26)29)14-5-3-4-6-15(14)24-22(23)30/h3-8,11,16,18-19,25,31H,9-10H2,1-2H3,(H,24,30)/q-1/t16?,18-,19+,23?/m1/s1. The number of anilines is 3. The summed E-state index contributed by atoms with van der Waals surface area (Å²) < 4.78 is 0. The van der Waals surface area contributed by atoms with Crippen LogP contribution < -0.4 is 20.8 Å². The zero-order chi connectivity index (χ0) is 23.5. The first-order chi connectivity index (χ1) is 15.8. The summed E-state index contributed by atoms with van der Waals surface area (Å²) in [7, 11) is 0. The number of benzene rings is 2. The van der Waals surface area contributed by atoms with E-state index in [1.165, 1.54) is 12.1 Å². The van der Waals surface area contributed by atoms with Crippen LogP contribution in [0.1, 0.15) is 17.5 Å². The highest BCUT2D eigenvalue weighted by Gasteiger charge is 2.70. The molecule has 33 heavy (non-hydrogen) atoms. The van der Waals surface area contributed by atoms with Crippen LogP contribution in [0.25, 0.3) is 0 Å². The summed E-state index contributed by atoms with van der Waals surface area (Å²) in [6.45, 7) is 1.72. The maximum Gasteiger partial charge on any atom is 0.250 e. The van der Waals surface area contributed by atoms with Crippen molar-refractivity contribution in [1.82, 2.24) is 5.32 Å². The average Bonchev–Trinajstić information content (AvgIpc) is 3.37. The highest BCUT2D eigenvalue weighted by molar-refractivity contribution is 7.98. The van der Waals surface area contributed by atoms with Crippen molar-refractivity contribution in [3.8, 4) is 0 Å². The lowest BCUT2D eigenvalue weighted by Gasteiger charge is -2.30. The van der Waals surface area contributed by atoms with E-state index in [-0.39, 0.29) is 28.6 Å². The molecule has 2 unspecified atom stereocenters. The van der Waals surface area contributed by atoms with Crippen LogP contribution in [0.15, 0.2) is 42.5 Å². The van der Waals surface area contributed by atoms with Crippen LogP contribution in [0.4, 0.5) is 17.1 Å². The van der Waals surface area contributed by atoms with Gasteiger partial charge < -0.3 is 15.8 Å². The van der Waals surface area contributed by atoms with Crippen molar-refractivity contribution < 1.29 is 19.6 Å². The second kappa shape index (κ2) is 7.84. The first kappa shape index (κ1) is 21.9. The van der Waals surface area contributed by atoms with Gasteiger partial charge >= 0.3 is 0 Å². The van der Waals surface area contributed by atoms with E-state index in [1.807, 2.05) is 24.5 Å². The van der Waals surface area contributed by atoms with Gasteiger partial charge in [-0.1, -0.05) is 24.3 Å². The van der Waals surface area contributed by atoms with E-state index in [0.29, 0.717) is 23.2 Å². The number of imide groups is 1. The lowest BCUT2D eigenvalue weighted by Crippen LogP contribution is -2.53. The fraction of sp³-hybridized carbons (Fsp3) is 0.348. The van der Waals surface area contributed by atoms with E-state index in [9.17, 15) is 24.8 Å². The second-order valence-corrected chi connectivity index (χ2v) is 9.58. The van der Waals surface area contributed by atoms with Gasteiger partial charge in [0.1, 0.15) is 5.54 Å². The Morgan fingerprint density at radius 1 is 1.18 bits per heavy atom. The molecule has 3 heterocycles. The van der Waals surface area contributed by atoms with Crippen molar-refractivity contribution in [2.45, 2.75) is 24.9 Å². The van der Waals surface area contributed by atoms with E-state index in [4.69, 9.17) is 0 Å². The molecule has 2 aromatic rings. The molecule has 2 fully saturated rings. The fourth-order valence-electron chi connectivity index (χ4n) is 5.45. The third-order valence-corrected chi connectivity index (χ3v) is 7.55. The molecule has 0 radical (unpaired) electrons. The highest BCUT2D eigenvalue weighted by atomic mass is 32.2. The van der Waals surface area contributed by atoms with Crippen LogP contribution >= 0.6 is 11.8 Å². The van der Waals surface area contributed by atoms with Crippen LogP contribution in [-0.4, -0.2) is 41.0 Å². The smallest absolute Gasteiger partial charge is 0.250 e.